The van der Waals surface area contributed by atoms with Crippen LogP contribution in [0.4, 0.5) is 0 Å². The highest BCUT2D eigenvalue weighted by Crippen LogP contribution is 2.33. The van der Waals surface area contributed by atoms with E-state index in [2.05, 4.69) is 9.93 Å². The molecule has 0 bridgehead atoms. The summed E-state index contributed by atoms with van der Waals surface area (Å²) in [6, 6.07) is 7.94. The minimum Gasteiger partial charge on any atom is -0.495 e. The van der Waals surface area contributed by atoms with Gasteiger partial charge >= 0.3 is 0 Å². The van der Waals surface area contributed by atoms with Gasteiger partial charge in [0.1, 0.15) is 10.6 Å². The molecule has 0 spiro atoms. The van der Waals surface area contributed by atoms with Crippen LogP contribution in [0, 0.1) is 6.92 Å². The van der Waals surface area contributed by atoms with Crippen molar-refractivity contribution in [2.75, 3.05) is 14.2 Å². The van der Waals surface area contributed by atoms with Crippen LogP contribution in [0.1, 0.15) is 11.1 Å². The van der Waals surface area contributed by atoms with Crippen LogP contribution < -0.4 is 14.3 Å². The van der Waals surface area contributed by atoms with Gasteiger partial charge in [-0.3, -0.25) is 0 Å². The number of sulfonamides is 1. The third kappa shape index (κ3) is 4.56. The zero-order valence-electron chi connectivity index (χ0n) is 13.7. The number of nitrogens with one attached hydrogen (secondary N) is 1. The summed E-state index contributed by atoms with van der Waals surface area (Å²) < 4.78 is 35.0. The molecule has 0 saturated carbocycles. The van der Waals surface area contributed by atoms with Crippen LogP contribution in [0.3, 0.4) is 0 Å². The maximum Gasteiger partial charge on any atom is 0.280 e. The number of aryl methyl sites for hydroxylation is 1. The topological polar surface area (TPSA) is 77.0 Å². The fourth-order valence-corrected chi connectivity index (χ4v) is 3.77. The third-order valence-corrected chi connectivity index (χ3v) is 5.03. The number of hydrogen-bond acceptors (Lipinski definition) is 5. The molecular formula is C16H16Cl2N2O4S. The Morgan fingerprint density at radius 2 is 1.72 bits per heavy atom. The van der Waals surface area contributed by atoms with Crippen molar-refractivity contribution in [1.29, 1.82) is 0 Å². The van der Waals surface area contributed by atoms with Crippen molar-refractivity contribution in [3.8, 4) is 11.5 Å². The van der Waals surface area contributed by atoms with E-state index in [9.17, 15) is 8.42 Å². The van der Waals surface area contributed by atoms with Crippen molar-refractivity contribution in [3.63, 3.8) is 0 Å². The van der Waals surface area contributed by atoms with E-state index in [0.29, 0.717) is 21.4 Å². The molecule has 25 heavy (non-hydrogen) atoms. The summed E-state index contributed by atoms with van der Waals surface area (Å²) in [4.78, 5) is 2.14. The molecule has 2 rings (SSSR count). The molecule has 0 aliphatic heterocycles. The van der Waals surface area contributed by atoms with Crippen LogP contribution >= 0.6 is 23.2 Å². The van der Waals surface area contributed by atoms with Gasteiger partial charge in [-0.25, -0.2) is 0 Å². The molecule has 6 nitrogen and oxygen atoms in total. The third-order valence-electron chi connectivity index (χ3n) is 3.22. The average Bonchev–Trinajstić information content (AvgIpc) is 2.54. The molecule has 0 amide bonds. The number of benzene rings is 2. The summed E-state index contributed by atoms with van der Waals surface area (Å²) in [5, 5.41) is 4.34. The molecule has 134 valence electrons. The van der Waals surface area contributed by atoms with Gasteiger partial charge in [-0.1, -0.05) is 29.3 Å². The van der Waals surface area contributed by atoms with Crippen LogP contribution in [0.2, 0.25) is 10.0 Å². The van der Waals surface area contributed by atoms with E-state index in [1.165, 1.54) is 26.5 Å². The lowest BCUT2D eigenvalue weighted by Gasteiger charge is -2.10. The molecule has 1 N–H and O–H groups in total. The monoisotopic (exact) mass is 402 g/mol. The Morgan fingerprint density at radius 3 is 2.28 bits per heavy atom. The van der Waals surface area contributed by atoms with Crippen LogP contribution in [-0.4, -0.2) is 28.9 Å². The first kappa shape index (κ1) is 19.4. The van der Waals surface area contributed by atoms with Crippen LogP contribution in [-0.2, 0) is 10.0 Å². The smallest absolute Gasteiger partial charge is 0.280 e. The Labute approximate surface area is 156 Å². The zero-order valence-corrected chi connectivity index (χ0v) is 16.0. The molecule has 2 aromatic rings. The lowest BCUT2D eigenvalue weighted by molar-refractivity contribution is 0.402. The summed E-state index contributed by atoms with van der Waals surface area (Å²) in [7, 11) is -1.05. The highest BCUT2D eigenvalue weighted by Gasteiger charge is 2.19. The molecule has 2 aromatic carbocycles. The lowest BCUT2D eigenvalue weighted by Crippen LogP contribution is -2.19. The molecule has 0 saturated heterocycles. The minimum atomic E-state index is -3.89. The van der Waals surface area contributed by atoms with Gasteiger partial charge in [0, 0.05) is 0 Å². The van der Waals surface area contributed by atoms with Crippen molar-refractivity contribution < 1.29 is 17.9 Å². The molecule has 0 unspecified atom stereocenters. The van der Waals surface area contributed by atoms with E-state index in [0.717, 1.165) is 5.56 Å². The first-order valence-corrected chi connectivity index (χ1v) is 9.25. The Hall–Kier alpha value is -1.96. The predicted octanol–water partition coefficient (Wildman–Crippen LogP) is 3.63. The van der Waals surface area contributed by atoms with Crippen molar-refractivity contribution in [2.45, 2.75) is 11.8 Å². The van der Waals surface area contributed by atoms with Gasteiger partial charge in [0.05, 0.1) is 30.5 Å². The Morgan fingerprint density at radius 1 is 1.08 bits per heavy atom. The number of halogens is 2. The molecule has 0 fully saturated rings. The van der Waals surface area contributed by atoms with E-state index in [4.69, 9.17) is 32.7 Å². The average molecular weight is 403 g/mol. The Balaban J connectivity index is 2.26. The molecule has 9 heteroatoms. The van der Waals surface area contributed by atoms with Crippen molar-refractivity contribution in [1.82, 2.24) is 4.83 Å². The second-order valence-electron chi connectivity index (χ2n) is 5.03. The number of ether oxygens (including phenoxy) is 2. The minimum absolute atomic E-state index is 0.00190. The summed E-state index contributed by atoms with van der Waals surface area (Å²) in [5.74, 6) is 0.564. The summed E-state index contributed by atoms with van der Waals surface area (Å²) >= 11 is 12.1. The first-order valence-electron chi connectivity index (χ1n) is 7.01. The van der Waals surface area contributed by atoms with Gasteiger partial charge in [0.25, 0.3) is 10.0 Å². The lowest BCUT2D eigenvalue weighted by atomic mass is 10.2. The van der Waals surface area contributed by atoms with Gasteiger partial charge in [-0.2, -0.15) is 18.4 Å². The van der Waals surface area contributed by atoms with Gasteiger partial charge in [-0.05, 0) is 42.3 Å². The number of nitrogens with zero attached hydrogens (tertiary/aromatic N) is 1. The molecule has 0 atom stereocenters. The van der Waals surface area contributed by atoms with E-state index in [1.807, 2.05) is 0 Å². The first-order chi connectivity index (χ1) is 11.8. The standard InChI is InChI=1S/C16H16Cl2N2O4S/c1-10-4-5-14(23-2)15(6-10)25(21,22)20-19-9-11-7-12(17)16(24-3)13(18)8-11/h4-9,20H,1-3H3/b19-9+. The molecular weight excluding hydrogens is 387 g/mol. The molecule has 0 radical (unpaired) electrons. The van der Waals surface area contributed by atoms with Gasteiger partial charge in [-0.15, -0.1) is 0 Å². The Kier molecular flexibility index (Phi) is 6.16. The normalized spacial score (nSPS) is 11.6. The fourth-order valence-electron chi connectivity index (χ4n) is 2.06. The highest BCUT2D eigenvalue weighted by molar-refractivity contribution is 7.89. The number of hydrogen-bond donors (Lipinski definition) is 1. The molecule has 0 heterocycles. The molecule has 0 aromatic heterocycles. The predicted molar refractivity (Wildman–Crippen MR) is 98.7 cm³/mol. The van der Waals surface area contributed by atoms with Crippen molar-refractivity contribution >= 4 is 39.4 Å². The second kappa shape index (κ2) is 7.95. The summed E-state index contributed by atoms with van der Waals surface area (Å²) in [6.45, 7) is 1.78. The van der Waals surface area contributed by atoms with E-state index >= 15 is 0 Å². The largest absolute Gasteiger partial charge is 0.495 e. The molecule has 0 aliphatic rings. The summed E-state index contributed by atoms with van der Waals surface area (Å²) in [6.07, 6.45) is 1.29. The van der Waals surface area contributed by atoms with Gasteiger partial charge in [0.15, 0.2) is 5.75 Å². The van der Waals surface area contributed by atoms with Crippen LogP contribution in [0.5, 0.6) is 11.5 Å². The molecule has 0 aliphatic carbocycles. The van der Waals surface area contributed by atoms with Gasteiger partial charge in [0.2, 0.25) is 0 Å². The van der Waals surface area contributed by atoms with Crippen LogP contribution in [0.25, 0.3) is 0 Å². The maximum atomic E-state index is 12.4. The number of hydrazone groups is 1. The second-order valence-corrected chi connectivity index (χ2v) is 7.47. The Bertz CT molecular complexity index is 891. The van der Waals surface area contributed by atoms with Gasteiger partial charge < -0.3 is 9.47 Å². The maximum absolute atomic E-state index is 12.4. The quantitative estimate of drug-likeness (QED) is 0.590. The van der Waals surface area contributed by atoms with Crippen molar-refractivity contribution in [3.05, 3.63) is 51.5 Å². The highest BCUT2D eigenvalue weighted by atomic mass is 35.5. The van der Waals surface area contributed by atoms with Crippen LogP contribution in [0.15, 0.2) is 40.3 Å². The summed E-state index contributed by atoms with van der Waals surface area (Å²) in [5.41, 5.74) is 1.29. The number of rotatable bonds is 6. The number of methoxy groups -OCH3 is 2. The van der Waals surface area contributed by atoms with E-state index in [-0.39, 0.29) is 10.6 Å². The van der Waals surface area contributed by atoms with E-state index in [1.54, 1.807) is 31.2 Å². The van der Waals surface area contributed by atoms with Crippen molar-refractivity contribution in [2.24, 2.45) is 5.10 Å². The zero-order chi connectivity index (χ0) is 18.6. The SMILES string of the molecule is COc1ccc(C)cc1S(=O)(=O)N/N=C/c1cc(Cl)c(OC)c(Cl)c1. The van der Waals surface area contributed by atoms with E-state index < -0.39 is 10.0 Å². The fraction of sp³-hybridized carbons (Fsp3) is 0.188.